The van der Waals surface area contributed by atoms with Crippen LogP contribution < -0.4 is 5.73 Å². The van der Waals surface area contributed by atoms with Gasteiger partial charge in [0.1, 0.15) is 17.2 Å². The number of rotatable bonds is 1. The fourth-order valence-electron chi connectivity index (χ4n) is 1.72. The molecule has 1 unspecified atom stereocenters. The Labute approximate surface area is 94.0 Å². The molecule has 0 saturated heterocycles. The van der Waals surface area contributed by atoms with Crippen LogP contribution in [-0.2, 0) is 0 Å². The van der Waals surface area contributed by atoms with Gasteiger partial charge in [-0.3, -0.25) is 0 Å². The highest BCUT2D eigenvalue weighted by molar-refractivity contribution is 5.82. The summed E-state index contributed by atoms with van der Waals surface area (Å²) in [6, 6.07) is 1.68. The summed E-state index contributed by atoms with van der Waals surface area (Å²) in [7, 11) is 0. The van der Waals surface area contributed by atoms with Gasteiger partial charge in [0.05, 0.1) is 5.39 Å². The van der Waals surface area contributed by atoms with Crippen molar-refractivity contribution >= 4 is 11.0 Å². The SMILES string of the molecule is Cc1c(C(N)C(F)(F)F)oc2cccc(F)c12. The van der Waals surface area contributed by atoms with E-state index >= 15 is 0 Å². The minimum absolute atomic E-state index is 0.0437. The average molecular weight is 247 g/mol. The monoisotopic (exact) mass is 247 g/mol. The first-order valence-electron chi connectivity index (χ1n) is 4.82. The second-order valence-corrected chi connectivity index (χ2v) is 3.72. The highest BCUT2D eigenvalue weighted by Crippen LogP contribution is 2.37. The van der Waals surface area contributed by atoms with Crippen molar-refractivity contribution in [3.05, 3.63) is 35.3 Å². The van der Waals surface area contributed by atoms with Gasteiger partial charge in [-0.1, -0.05) is 6.07 Å². The average Bonchev–Trinajstić information content (AvgIpc) is 2.55. The summed E-state index contributed by atoms with van der Waals surface area (Å²) in [5.74, 6) is -1.07. The van der Waals surface area contributed by atoms with Crippen LogP contribution in [0.1, 0.15) is 17.4 Å². The molecule has 2 rings (SSSR count). The van der Waals surface area contributed by atoms with Crippen molar-refractivity contribution in [2.24, 2.45) is 5.73 Å². The number of aryl methyl sites for hydroxylation is 1. The number of hydrogen-bond acceptors (Lipinski definition) is 2. The van der Waals surface area contributed by atoms with Gasteiger partial charge in [0.2, 0.25) is 0 Å². The molecule has 0 amide bonds. The van der Waals surface area contributed by atoms with E-state index in [1.165, 1.54) is 19.1 Å². The fraction of sp³-hybridized carbons (Fsp3) is 0.273. The van der Waals surface area contributed by atoms with Crippen LogP contribution in [0.25, 0.3) is 11.0 Å². The van der Waals surface area contributed by atoms with E-state index in [0.29, 0.717) is 0 Å². The van der Waals surface area contributed by atoms with Crippen molar-refractivity contribution in [2.45, 2.75) is 19.1 Å². The van der Waals surface area contributed by atoms with Gasteiger partial charge in [0.15, 0.2) is 6.04 Å². The Morgan fingerprint density at radius 1 is 1.29 bits per heavy atom. The number of halogens is 4. The fourth-order valence-corrected chi connectivity index (χ4v) is 1.72. The van der Waals surface area contributed by atoms with E-state index in [-0.39, 0.29) is 16.5 Å². The highest BCUT2D eigenvalue weighted by Gasteiger charge is 2.41. The third-order valence-electron chi connectivity index (χ3n) is 2.58. The molecule has 0 fully saturated rings. The molecule has 0 spiro atoms. The Morgan fingerprint density at radius 2 is 1.94 bits per heavy atom. The Morgan fingerprint density at radius 3 is 2.47 bits per heavy atom. The second kappa shape index (κ2) is 3.73. The van der Waals surface area contributed by atoms with Crippen molar-refractivity contribution in [1.29, 1.82) is 0 Å². The van der Waals surface area contributed by atoms with Crippen molar-refractivity contribution < 1.29 is 22.0 Å². The van der Waals surface area contributed by atoms with E-state index in [9.17, 15) is 17.6 Å². The van der Waals surface area contributed by atoms with Gasteiger partial charge in [-0.25, -0.2) is 4.39 Å². The zero-order valence-electron chi connectivity index (χ0n) is 8.81. The number of hydrogen-bond donors (Lipinski definition) is 1. The van der Waals surface area contributed by atoms with Gasteiger partial charge >= 0.3 is 6.18 Å². The first-order valence-corrected chi connectivity index (χ1v) is 4.82. The molecule has 0 bridgehead atoms. The maximum Gasteiger partial charge on any atom is 0.410 e. The quantitative estimate of drug-likeness (QED) is 0.784. The van der Waals surface area contributed by atoms with Crippen LogP contribution in [0, 0.1) is 12.7 Å². The smallest absolute Gasteiger partial charge is 0.410 e. The van der Waals surface area contributed by atoms with E-state index < -0.39 is 23.8 Å². The van der Waals surface area contributed by atoms with Crippen molar-refractivity contribution in [3.8, 4) is 0 Å². The molecule has 2 aromatic rings. The predicted octanol–water partition coefficient (Wildman–Crippen LogP) is 3.44. The topological polar surface area (TPSA) is 39.2 Å². The van der Waals surface area contributed by atoms with E-state index in [1.54, 1.807) is 0 Å². The Bertz CT molecular complexity index is 558. The van der Waals surface area contributed by atoms with Crippen LogP contribution in [0.15, 0.2) is 22.6 Å². The van der Waals surface area contributed by atoms with Crippen LogP contribution in [0.3, 0.4) is 0 Å². The molecule has 92 valence electrons. The van der Waals surface area contributed by atoms with Gasteiger partial charge < -0.3 is 10.2 Å². The lowest BCUT2D eigenvalue weighted by molar-refractivity contribution is -0.152. The first-order chi connectivity index (χ1) is 7.82. The van der Waals surface area contributed by atoms with Crippen LogP contribution in [0.2, 0.25) is 0 Å². The molecule has 1 aromatic carbocycles. The van der Waals surface area contributed by atoms with Crippen LogP contribution in [0.4, 0.5) is 17.6 Å². The summed E-state index contributed by atoms with van der Waals surface area (Å²) >= 11 is 0. The van der Waals surface area contributed by atoms with Gasteiger partial charge in [-0.05, 0) is 19.1 Å². The summed E-state index contributed by atoms with van der Waals surface area (Å²) in [6.45, 7) is 1.36. The van der Waals surface area contributed by atoms with Crippen LogP contribution in [0.5, 0.6) is 0 Å². The third-order valence-corrected chi connectivity index (χ3v) is 2.58. The standard InChI is InChI=1S/C11H9F4NO/c1-5-8-6(12)3-2-4-7(8)17-9(5)10(16)11(13,14)15/h2-4,10H,16H2,1H3. The molecular weight excluding hydrogens is 238 g/mol. The Kier molecular flexibility index (Phi) is 2.61. The maximum absolute atomic E-state index is 13.4. The molecule has 0 radical (unpaired) electrons. The molecule has 0 aliphatic rings. The molecule has 1 atom stereocenters. The molecule has 17 heavy (non-hydrogen) atoms. The molecular formula is C11H9F4NO. The summed E-state index contributed by atoms with van der Waals surface area (Å²) in [5.41, 5.74) is 5.20. The largest absolute Gasteiger partial charge is 0.459 e. The molecule has 2 nitrogen and oxygen atoms in total. The zero-order chi connectivity index (χ0) is 12.8. The summed E-state index contributed by atoms with van der Waals surface area (Å²) in [6.07, 6.45) is -4.62. The summed E-state index contributed by atoms with van der Waals surface area (Å²) < 4.78 is 55.8. The van der Waals surface area contributed by atoms with E-state index in [4.69, 9.17) is 10.2 Å². The second-order valence-electron chi connectivity index (χ2n) is 3.72. The third kappa shape index (κ3) is 1.88. The number of alkyl halides is 3. The first kappa shape index (κ1) is 11.9. The van der Waals surface area contributed by atoms with E-state index in [2.05, 4.69) is 0 Å². The zero-order valence-corrected chi connectivity index (χ0v) is 8.81. The molecule has 0 saturated carbocycles. The molecule has 1 aromatic heterocycles. The molecule has 2 N–H and O–H groups in total. The van der Waals surface area contributed by atoms with Crippen molar-refractivity contribution in [1.82, 2.24) is 0 Å². The predicted molar refractivity (Wildman–Crippen MR) is 53.9 cm³/mol. The van der Waals surface area contributed by atoms with Gasteiger partial charge in [0.25, 0.3) is 0 Å². The lowest BCUT2D eigenvalue weighted by Crippen LogP contribution is -2.28. The Balaban J connectivity index is 2.65. The van der Waals surface area contributed by atoms with Crippen molar-refractivity contribution in [2.75, 3.05) is 0 Å². The summed E-state index contributed by atoms with van der Waals surface area (Å²) in [4.78, 5) is 0. The van der Waals surface area contributed by atoms with E-state index in [1.807, 2.05) is 0 Å². The maximum atomic E-state index is 13.4. The molecule has 0 aliphatic carbocycles. The lowest BCUT2D eigenvalue weighted by atomic mass is 10.1. The minimum Gasteiger partial charge on any atom is -0.459 e. The van der Waals surface area contributed by atoms with Gasteiger partial charge in [0, 0.05) is 5.56 Å². The number of nitrogens with two attached hydrogens (primary N) is 1. The Hall–Kier alpha value is -1.56. The highest BCUT2D eigenvalue weighted by atomic mass is 19.4. The van der Waals surface area contributed by atoms with Crippen LogP contribution in [-0.4, -0.2) is 6.18 Å². The number of benzene rings is 1. The molecule has 1 heterocycles. The molecule has 0 aliphatic heterocycles. The number of furan rings is 1. The van der Waals surface area contributed by atoms with Crippen LogP contribution >= 0.6 is 0 Å². The molecule has 6 heteroatoms. The number of fused-ring (bicyclic) bond motifs is 1. The van der Waals surface area contributed by atoms with Gasteiger partial charge in [-0.15, -0.1) is 0 Å². The van der Waals surface area contributed by atoms with Crippen molar-refractivity contribution in [3.63, 3.8) is 0 Å². The summed E-state index contributed by atoms with van der Waals surface area (Å²) in [5, 5.41) is 0.0437. The van der Waals surface area contributed by atoms with E-state index in [0.717, 1.165) is 6.07 Å². The normalized spacial score (nSPS) is 14.2. The van der Waals surface area contributed by atoms with Gasteiger partial charge in [-0.2, -0.15) is 13.2 Å². The lowest BCUT2D eigenvalue weighted by Gasteiger charge is -2.13. The minimum atomic E-state index is -4.62.